The number of hydrogen-bond acceptors (Lipinski definition) is 7. The lowest BCUT2D eigenvalue weighted by atomic mass is 9.78. The largest absolute Gasteiger partial charge is 0.463 e. The van der Waals surface area contributed by atoms with Gasteiger partial charge in [0.1, 0.15) is 18.5 Å². The number of amides is 1. The van der Waals surface area contributed by atoms with Crippen LogP contribution in [0.25, 0.3) is 0 Å². The van der Waals surface area contributed by atoms with Gasteiger partial charge < -0.3 is 20.5 Å². The molecule has 3 N–H and O–H groups in total. The van der Waals surface area contributed by atoms with Crippen LogP contribution in [0.4, 0.5) is 16.3 Å². The first kappa shape index (κ1) is 24.7. The van der Waals surface area contributed by atoms with Gasteiger partial charge in [-0.05, 0) is 62.5 Å². The van der Waals surface area contributed by atoms with Crippen LogP contribution in [0.1, 0.15) is 62.1 Å². The first-order valence-electron chi connectivity index (χ1n) is 12.8. The molecule has 0 bridgehead atoms. The lowest BCUT2D eigenvalue weighted by Crippen LogP contribution is -2.41. The van der Waals surface area contributed by atoms with Gasteiger partial charge in [-0.1, -0.05) is 54.6 Å². The molecule has 1 aromatic heterocycles. The van der Waals surface area contributed by atoms with E-state index in [0.29, 0.717) is 42.4 Å². The van der Waals surface area contributed by atoms with Crippen LogP contribution < -0.4 is 15.8 Å². The van der Waals surface area contributed by atoms with Crippen molar-refractivity contribution in [3.8, 4) is 5.88 Å². The number of rotatable bonds is 6. The van der Waals surface area contributed by atoms with Gasteiger partial charge in [-0.2, -0.15) is 4.98 Å². The van der Waals surface area contributed by atoms with E-state index < -0.39 is 5.60 Å². The van der Waals surface area contributed by atoms with Gasteiger partial charge in [0.15, 0.2) is 11.5 Å². The van der Waals surface area contributed by atoms with E-state index in [1.54, 1.807) is 0 Å². The molecule has 1 fully saturated rings. The van der Waals surface area contributed by atoms with Gasteiger partial charge in [0.2, 0.25) is 5.88 Å². The van der Waals surface area contributed by atoms with Crippen molar-refractivity contribution in [3.63, 3.8) is 0 Å². The topological polar surface area (TPSA) is 112 Å². The molecule has 3 aromatic rings. The number of carbonyl (C=O) groups excluding carboxylic acids is 1. The summed E-state index contributed by atoms with van der Waals surface area (Å²) in [6, 6.07) is 18.3. The van der Waals surface area contributed by atoms with Gasteiger partial charge >= 0.3 is 6.09 Å². The Morgan fingerprint density at radius 2 is 1.78 bits per heavy atom. The second-order valence-electron chi connectivity index (χ2n) is 10.3. The molecule has 192 valence electrons. The van der Waals surface area contributed by atoms with E-state index in [1.165, 1.54) is 11.9 Å². The second kappa shape index (κ2) is 10.6. The zero-order valence-electron chi connectivity index (χ0n) is 21.3. The Morgan fingerprint density at radius 3 is 2.51 bits per heavy atom. The zero-order valence-corrected chi connectivity index (χ0v) is 21.3. The third-order valence-electron chi connectivity index (χ3n) is 7.21. The molecule has 1 aliphatic carbocycles. The quantitative estimate of drug-likeness (QED) is 0.460. The molecule has 0 unspecified atom stereocenters. The van der Waals surface area contributed by atoms with Crippen LogP contribution in [0, 0.1) is 5.92 Å². The Bertz CT molecular complexity index is 1270. The highest BCUT2D eigenvalue weighted by Crippen LogP contribution is 2.40. The molecule has 2 heterocycles. The van der Waals surface area contributed by atoms with E-state index in [9.17, 15) is 4.79 Å². The van der Waals surface area contributed by atoms with Crippen molar-refractivity contribution < 1.29 is 14.3 Å². The smallest absolute Gasteiger partial charge is 0.407 e. The molecule has 0 spiro atoms. The number of ether oxygens (including phenoxy) is 2. The molecular formula is C29H33N5O3. The predicted molar refractivity (Wildman–Crippen MR) is 143 cm³/mol. The minimum absolute atomic E-state index is 0.290. The Morgan fingerprint density at radius 1 is 1.05 bits per heavy atom. The van der Waals surface area contributed by atoms with Gasteiger partial charge in [0.05, 0.1) is 5.71 Å². The molecule has 1 amide bonds. The number of anilines is 1. The van der Waals surface area contributed by atoms with Crippen molar-refractivity contribution >= 4 is 23.3 Å². The maximum absolute atomic E-state index is 12.1. The third-order valence-corrected chi connectivity index (χ3v) is 7.21. The minimum atomic E-state index is -0.636. The van der Waals surface area contributed by atoms with Crippen molar-refractivity contribution in [1.29, 1.82) is 0 Å². The van der Waals surface area contributed by atoms with Gasteiger partial charge in [-0.3, -0.25) is 0 Å². The van der Waals surface area contributed by atoms with Crippen molar-refractivity contribution in [2.45, 2.75) is 57.7 Å². The van der Waals surface area contributed by atoms with Crippen LogP contribution in [0.3, 0.4) is 0 Å². The van der Waals surface area contributed by atoms with E-state index in [-0.39, 0.29) is 6.09 Å². The van der Waals surface area contributed by atoms with Gasteiger partial charge in [0.25, 0.3) is 0 Å². The average molecular weight is 500 g/mol. The van der Waals surface area contributed by atoms with Crippen LogP contribution in [-0.4, -0.2) is 33.9 Å². The molecule has 1 saturated carbocycles. The Hall–Kier alpha value is -3.94. The van der Waals surface area contributed by atoms with E-state index >= 15 is 0 Å². The summed E-state index contributed by atoms with van der Waals surface area (Å²) in [4.78, 5) is 25.1. The second-order valence-corrected chi connectivity index (χ2v) is 10.3. The highest BCUT2D eigenvalue weighted by molar-refractivity contribution is 6.09. The fraction of sp³-hybridized carbons (Fsp3) is 0.379. The SMILES string of the molecule is CC1(C)Oc2ncnc(N)c2N=C1c1ccc([C@H]2CC[C@H](CNC(=O)OCc3ccccc3)CC2)cc1. The van der Waals surface area contributed by atoms with Crippen LogP contribution >= 0.6 is 0 Å². The number of aromatic nitrogens is 2. The van der Waals surface area contributed by atoms with Gasteiger partial charge in [-0.15, -0.1) is 0 Å². The lowest BCUT2D eigenvalue weighted by Gasteiger charge is -2.32. The van der Waals surface area contributed by atoms with Crippen LogP contribution in [-0.2, 0) is 11.3 Å². The number of nitrogens with two attached hydrogens (primary N) is 1. The number of nitrogens with zero attached hydrogens (tertiary/aromatic N) is 3. The predicted octanol–water partition coefficient (Wildman–Crippen LogP) is 5.55. The fourth-order valence-corrected chi connectivity index (χ4v) is 5.12. The lowest BCUT2D eigenvalue weighted by molar-refractivity contribution is 0.136. The normalized spacial score (nSPS) is 20.2. The van der Waals surface area contributed by atoms with Crippen LogP contribution in [0.2, 0.25) is 0 Å². The summed E-state index contributed by atoms with van der Waals surface area (Å²) in [7, 11) is 0. The van der Waals surface area contributed by atoms with E-state index in [0.717, 1.165) is 42.5 Å². The minimum Gasteiger partial charge on any atom is -0.463 e. The molecule has 0 atom stereocenters. The summed E-state index contributed by atoms with van der Waals surface area (Å²) in [6.45, 7) is 4.91. The Balaban J connectivity index is 1.14. The summed E-state index contributed by atoms with van der Waals surface area (Å²) in [6.07, 6.45) is 5.39. The maximum atomic E-state index is 12.1. The summed E-state index contributed by atoms with van der Waals surface area (Å²) in [5.41, 5.74) is 9.98. The highest BCUT2D eigenvalue weighted by Gasteiger charge is 2.35. The van der Waals surface area contributed by atoms with Crippen molar-refractivity contribution in [2.24, 2.45) is 10.9 Å². The summed E-state index contributed by atoms with van der Waals surface area (Å²) in [5, 5.41) is 2.94. The monoisotopic (exact) mass is 499 g/mol. The van der Waals surface area contributed by atoms with Gasteiger partial charge in [-0.25, -0.2) is 14.8 Å². The average Bonchev–Trinajstić information content (AvgIpc) is 2.91. The molecule has 8 nitrogen and oxygen atoms in total. The highest BCUT2D eigenvalue weighted by atomic mass is 16.5. The number of nitrogens with one attached hydrogen (secondary N) is 1. The molecule has 2 aliphatic rings. The molecule has 5 rings (SSSR count). The first-order chi connectivity index (χ1) is 17.9. The van der Waals surface area contributed by atoms with Crippen molar-refractivity contribution in [1.82, 2.24) is 15.3 Å². The molecular weight excluding hydrogens is 466 g/mol. The molecule has 1 aliphatic heterocycles. The van der Waals surface area contributed by atoms with Crippen molar-refractivity contribution in [3.05, 3.63) is 77.6 Å². The standard InChI is InChI=1S/C29H33N5O3/c1-29(2)25(34-24-26(30)32-18-33-27(24)37-29)23-14-12-22(13-15-23)21-10-8-19(9-11-21)16-31-28(35)36-17-20-6-4-3-5-7-20/h3-7,12-15,18-19,21H,8-11,16-17H2,1-2H3,(H,31,35)(H2,30,32,33)/t19-,21-. The summed E-state index contributed by atoms with van der Waals surface area (Å²) in [5.74, 6) is 1.71. The summed E-state index contributed by atoms with van der Waals surface area (Å²) >= 11 is 0. The number of alkyl carbamates (subject to hydrolysis) is 1. The van der Waals surface area contributed by atoms with Crippen molar-refractivity contribution in [2.75, 3.05) is 12.3 Å². The third kappa shape index (κ3) is 5.74. The van der Waals surface area contributed by atoms with Crippen LogP contribution in [0.5, 0.6) is 5.88 Å². The summed E-state index contributed by atoms with van der Waals surface area (Å²) < 4.78 is 11.4. The molecule has 8 heteroatoms. The Labute approximate surface area is 217 Å². The molecule has 0 saturated heterocycles. The number of hydrogen-bond donors (Lipinski definition) is 2. The first-order valence-corrected chi connectivity index (χ1v) is 12.8. The Kier molecular flexibility index (Phi) is 7.08. The molecule has 37 heavy (non-hydrogen) atoms. The number of benzene rings is 2. The maximum Gasteiger partial charge on any atom is 0.407 e. The van der Waals surface area contributed by atoms with Gasteiger partial charge in [0, 0.05) is 12.1 Å². The number of fused-ring (bicyclic) bond motifs is 1. The van der Waals surface area contributed by atoms with E-state index in [1.807, 2.05) is 44.2 Å². The fourth-order valence-electron chi connectivity index (χ4n) is 5.12. The zero-order chi connectivity index (χ0) is 25.8. The molecule has 0 radical (unpaired) electrons. The molecule has 2 aromatic carbocycles. The number of nitrogen functional groups attached to an aromatic ring is 1. The van der Waals surface area contributed by atoms with E-state index in [4.69, 9.17) is 20.2 Å². The number of aliphatic imine (C=N–C) groups is 1. The van der Waals surface area contributed by atoms with Crippen LogP contribution in [0.15, 0.2) is 65.9 Å². The number of carbonyl (C=O) groups is 1. The van der Waals surface area contributed by atoms with E-state index in [2.05, 4.69) is 39.6 Å².